The van der Waals surface area contributed by atoms with Crippen molar-refractivity contribution in [1.82, 2.24) is 0 Å². The summed E-state index contributed by atoms with van der Waals surface area (Å²) in [6.07, 6.45) is 0. The van der Waals surface area contributed by atoms with Crippen molar-refractivity contribution < 1.29 is 13.2 Å². The Morgan fingerprint density at radius 1 is 0.812 bits per heavy atom. The van der Waals surface area contributed by atoms with E-state index in [0.29, 0.717) is 0 Å². The molecule has 4 heteroatoms. The van der Waals surface area contributed by atoms with E-state index >= 15 is 0 Å². The molecule has 0 heterocycles. The van der Waals surface area contributed by atoms with Crippen LogP contribution in [-0.2, 0) is 0 Å². The van der Waals surface area contributed by atoms with Crippen molar-refractivity contribution in [3.05, 3.63) is 53.8 Å². The van der Waals surface area contributed by atoms with Crippen LogP contribution in [0.15, 0.2) is 36.4 Å². The summed E-state index contributed by atoms with van der Waals surface area (Å²) in [5.41, 5.74) is 5.33. The summed E-state index contributed by atoms with van der Waals surface area (Å²) in [6, 6.07) is 7.55. The molecular weight excluding hydrogens is 215 g/mol. The number of hydrogen-bond acceptors (Lipinski definition) is 1. The van der Waals surface area contributed by atoms with Crippen LogP contribution in [0.4, 0.5) is 18.9 Å². The molecule has 0 atom stereocenters. The Labute approximate surface area is 90.3 Å². The van der Waals surface area contributed by atoms with Crippen LogP contribution in [0.5, 0.6) is 0 Å². The van der Waals surface area contributed by atoms with Gasteiger partial charge in [-0.3, -0.25) is 0 Å². The van der Waals surface area contributed by atoms with Crippen molar-refractivity contribution in [1.29, 1.82) is 0 Å². The van der Waals surface area contributed by atoms with Crippen LogP contribution >= 0.6 is 0 Å². The van der Waals surface area contributed by atoms with Gasteiger partial charge in [0.2, 0.25) is 0 Å². The quantitative estimate of drug-likeness (QED) is 0.737. The zero-order valence-corrected chi connectivity index (χ0v) is 8.18. The molecule has 0 aromatic heterocycles. The van der Waals surface area contributed by atoms with E-state index in [1.807, 2.05) is 0 Å². The average molecular weight is 223 g/mol. The van der Waals surface area contributed by atoms with Crippen LogP contribution in [0.25, 0.3) is 11.1 Å². The Morgan fingerprint density at radius 2 is 1.44 bits per heavy atom. The fraction of sp³-hybridized carbons (Fsp3) is 0. The van der Waals surface area contributed by atoms with Gasteiger partial charge in [0.05, 0.1) is 0 Å². The number of benzene rings is 2. The summed E-state index contributed by atoms with van der Waals surface area (Å²) >= 11 is 0. The van der Waals surface area contributed by atoms with E-state index in [9.17, 15) is 13.2 Å². The molecule has 82 valence electrons. The molecular formula is C12H8F3N. The van der Waals surface area contributed by atoms with Crippen LogP contribution in [0.3, 0.4) is 0 Å². The van der Waals surface area contributed by atoms with Crippen molar-refractivity contribution >= 4 is 5.69 Å². The predicted octanol–water partition coefficient (Wildman–Crippen LogP) is 3.35. The lowest BCUT2D eigenvalue weighted by Crippen LogP contribution is -1.97. The van der Waals surface area contributed by atoms with E-state index in [1.54, 1.807) is 0 Å². The first kappa shape index (κ1) is 10.5. The van der Waals surface area contributed by atoms with Crippen LogP contribution in [0.2, 0.25) is 0 Å². The molecule has 0 unspecified atom stereocenters. The van der Waals surface area contributed by atoms with Gasteiger partial charge in [0.25, 0.3) is 0 Å². The van der Waals surface area contributed by atoms with E-state index in [4.69, 9.17) is 5.73 Å². The number of nitrogens with two attached hydrogens (primary N) is 1. The second kappa shape index (κ2) is 3.89. The maximum atomic E-state index is 13.5. The predicted molar refractivity (Wildman–Crippen MR) is 56.2 cm³/mol. The Kier molecular flexibility index (Phi) is 2.56. The van der Waals surface area contributed by atoms with Crippen LogP contribution in [-0.4, -0.2) is 0 Å². The van der Waals surface area contributed by atoms with Gasteiger partial charge in [0.1, 0.15) is 5.82 Å². The molecule has 2 aromatic rings. The number of nitrogen functional groups attached to an aromatic ring is 1. The molecule has 0 radical (unpaired) electrons. The van der Waals surface area contributed by atoms with Crippen molar-refractivity contribution in [3.63, 3.8) is 0 Å². The van der Waals surface area contributed by atoms with Gasteiger partial charge < -0.3 is 5.73 Å². The standard InChI is InChI=1S/C12H8F3N/c13-8-4-2-6-10(16)11(8)7-3-1-5-9(14)12(7)15/h1-6H,16H2. The molecule has 0 bridgehead atoms. The van der Waals surface area contributed by atoms with Gasteiger partial charge in [-0.2, -0.15) is 0 Å². The molecule has 0 spiro atoms. The molecule has 2 aromatic carbocycles. The Bertz CT molecular complexity index is 518. The largest absolute Gasteiger partial charge is 0.398 e. The summed E-state index contributed by atoms with van der Waals surface area (Å²) in [5.74, 6) is -2.80. The normalized spacial score (nSPS) is 10.4. The summed E-state index contributed by atoms with van der Waals surface area (Å²) in [4.78, 5) is 0. The summed E-state index contributed by atoms with van der Waals surface area (Å²) < 4.78 is 39.9. The first-order valence-electron chi connectivity index (χ1n) is 4.59. The summed E-state index contributed by atoms with van der Waals surface area (Å²) in [5, 5.41) is 0. The number of rotatable bonds is 1. The maximum Gasteiger partial charge on any atom is 0.166 e. The van der Waals surface area contributed by atoms with Gasteiger partial charge in [0, 0.05) is 16.8 Å². The Hall–Kier alpha value is -1.97. The third-order valence-electron chi connectivity index (χ3n) is 2.27. The van der Waals surface area contributed by atoms with E-state index in [-0.39, 0.29) is 16.8 Å². The van der Waals surface area contributed by atoms with Crippen molar-refractivity contribution in [2.24, 2.45) is 0 Å². The van der Waals surface area contributed by atoms with Crippen LogP contribution < -0.4 is 5.73 Å². The topological polar surface area (TPSA) is 26.0 Å². The SMILES string of the molecule is Nc1cccc(F)c1-c1cccc(F)c1F. The monoisotopic (exact) mass is 223 g/mol. The fourth-order valence-electron chi connectivity index (χ4n) is 1.52. The maximum absolute atomic E-state index is 13.5. The molecule has 0 aliphatic heterocycles. The zero-order valence-electron chi connectivity index (χ0n) is 8.18. The van der Waals surface area contributed by atoms with Crippen molar-refractivity contribution in [2.75, 3.05) is 5.73 Å². The molecule has 0 fully saturated rings. The van der Waals surface area contributed by atoms with Gasteiger partial charge in [-0.15, -0.1) is 0 Å². The molecule has 0 aliphatic rings. The minimum Gasteiger partial charge on any atom is -0.398 e. The highest BCUT2D eigenvalue weighted by molar-refractivity contribution is 5.77. The minimum absolute atomic E-state index is 0.0736. The number of halogens is 3. The lowest BCUT2D eigenvalue weighted by atomic mass is 10.0. The molecule has 16 heavy (non-hydrogen) atoms. The molecule has 1 nitrogen and oxygen atoms in total. The van der Waals surface area contributed by atoms with E-state index in [2.05, 4.69) is 0 Å². The molecule has 0 amide bonds. The van der Waals surface area contributed by atoms with E-state index < -0.39 is 17.5 Å². The Balaban J connectivity index is 2.73. The van der Waals surface area contributed by atoms with Gasteiger partial charge >= 0.3 is 0 Å². The summed E-state index contributed by atoms with van der Waals surface area (Å²) in [7, 11) is 0. The van der Waals surface area contributed by atoms with Gasteiger partial charge in [0.15, 0.2) is 11.6 Å². The van der Waals surface area contributed by atoms with Crippen LogP contribution in [0.1, 0.15) is 0 Å². The lowest BCUT2D eigenvalue weighted by Gasteiger charge is -2.08. The summed E-state index contributed by atoms with van der Waals surface area (Å²) in [6.45, 7) is 0. The van der Waals surface area contributed by atoms with Gasteiger partial charge in [-0.1, -0.05) is 18.2 Å². The second-order valence-corrected chi connectivity index (χ2v) is 3.31. The molecule has 0 saturated heterocycles. The van der Waals surface area contributed by atoms with Crippen molar-refractivity contribution in [3.8, 4) is 11.1 Å². The second-order valence-electron chi connectivity index (χ2n) is 3.31. The highest BCUT2D eigenvalue weighted by atomic mass is 19.2. The number of hydrogen-bond donors (Lipinski definition) is 1. The third-order valence-corrected chi connectivity index (χ3v) is 2.27. The molecule has 0 saturated carbocycles. The highest BCUT2D eigenvalue weighted by Crippen LogP contribution is 2.31. The fourth-order valence-corrected chi connectivity index (χ4v) is 1.52. The van der Waals surface area contributed by atoms with E-state index in [0.717, 1.165) is 12.1 Å². The van der Waals surface area contributed by atoms with Crippen LogP contribution in [0, 0.1) is 17.5 Å². The average Bonchev–Trinajstić information content (AvgIpc) is 2.24. The van der Waals surface area contributed by atoms with Gasteiger partial charge in [-0.25, -0.2) is 13.2 Å². The smallest absolute Gasteiger partial charge is 0.166 e. The van der Waals surface area contributed by atoms with E-state index in [1.165, 1.54) is 24.3 Å². The lowest BCUT2D eigenvalue weighted by molar-refractivity contribution is 0.510. The highest BCUT2D eigenvalue weighted by Gasteiger charge is 2.15. The third kappa shape index (κ3) is 1.62. The molecule has 2 N–H and O–H groups in total. The van der Waals surface area contributed by atoms with Gasteiger partial charge in [-0.05, 0) is 18.2 Å². The Morgan fingerprint density at radius 3 is 2.12 bits per heavy atom. The molecule has 2 rings (SSSR count). The number of anilines is 1. The minimum atomic E-state index is -1.10. The van der Waals surface area contributed by atoms with Crippen molar-refractivity contribution in [2.45, 2.75) is 0 Å². The molecule has 0 aliphatic carbocycles. The first-order chi connectivity index (χ1) is 7.61. The zero-order chi connectivity index (χ0) is 11.7. The first-order valence-corrected chi connectivity index (χ1v) is 4.59.